The summed E-state index contributed by atoms with van der Waals surface area (Å²) in [7, 11) is 0. The second kappa shape index (κ2) is 8.10. The fourth-order valence-electron chi connectivity index (χ4n) is 3.12. The van der Waals surface area contributed by atoms with Crippen molar-refractivity contribution in [3.8, 4) is 0 Å². The van der Waals surface area contributed by atoms with Gasteiger partial charge in [0.05, 0.1) is 11.1 Å². The van der Waals surface area contributed by atoms with Gasteiger partial charge in [-0.05, 0) is 24.3 Å². The maximum absolute atomic E-state index is 12.6. The number of amides is 1. The van der Waals surface area contributed by atoms with Gasteiger partial charge in [-0.1, -0.05) is 59.0 Å². The minimum absolute atomic E-state index is 0.252. The van der Waals surface area contributed by atoms with Crippen LogP contribution in [-0.4, -0.2) is 31.9 Å². The Morgan fingerprint density at radius 3 is 2.84 bits per heavy atom. The number of nitrogens with zero attached hydrogens (tertiary/aromatic N) is 3. The van der Waals surface area contributed by atoms with Gasteiger partial charge in [0, 0.05) is 38.6 Å². The molecule has 5 aromatic rings. The van der Waals surface area contributed by atoms with Crippen LogP contribution in [0.15, 0.2) is 70.2 Å². The van der Waals surface area contributed by atoms with Crippen LogP contribution >= 0.6 is 34.7 Å². The van der Waals surface area contributed by atoms with E-state index in [0.29, 0.717) is 20.3 Å². The summed E-state index contributed by atoms with van der Waals surface area (Å²) in [5, 5.41) is 13.1. The first-order chi connectivity index (χ1) is 15.1. The molecule has 0 aliphatic rings. The first-order valence-electron chi connectivity index (χ1n) is 9.06. The summed E-state index contributed by atoms with van der Waals surface area (Å²) < 4.78 is 0.622. The largest absolute Gasteiger partial charge is 0.360 e. The van der Waals surface area contributed by atoms with E-state index >= 15 is 0 Å². The number of ketones is 1. The van der Waals surface area contributed by atoms with E-state index in [4.69, 9.17) is 11.6 Å². The molecule has 2 aromatic carbocycles. The number of pyridine rings is 1. The number of para-hydroxylation sites is 1. The van der Waals surface area contributed by atoms with Crippen molar-refractivity contribution in [1.82, 2.24) is 20.2 Å². The Bertz CT molecular complexity index is 1460. The van der Waals surface area contributed by atoms with E-state index in [9.17, 15) is 9.59 Å². The fraction of sp³-hybridized carbons (Fsp3) is 0. The van der Waals surface area contributed by atoms with E-state index < -0.39 is 11.7 Å². The third kappa shape index (κ3) is 3.90. The topological polar surface area (TPSA) is 101 Å². The lowest BCUT2D eigenvalue weighted by Crippen LogP contribution is -2.22. The quantitative estimate of drug-likeness (QED) is 0.210. The molecule has 0 radical (unpaired) electrons. The lowest BCUT2D eigenvalue weighted by atomic mass is 10.1. The maximum atomic E-state index is 12.6. The molecule has 0 spiro atoms. The summed E-state index contributed by atoms with van der Waals surface area (Å²) in [5.74, 6) is -1.40. The zero-order valence-corrected chi connectivity index (χ0v) is 18.0. The van der Waals surface area contributed by atoms with Gasteiger partial charge in [-0.15, -0.1) is 10.2 Å². The highest BCUT2D eigenvalue weighted by Gasteiger charge is 2.21. The van der Waals surface area contributed by atoms with Crippen molar-refractivity contribution < 1.29 is 9.59 Å². The standard InChI is InChI=1S/C21H12ClN5O2S2/c22-11-5-6-13-16(9-11)23-8-7-17(13)30-21-27-26-20(31-21)25-19(29)18(28)14-10-24-15-4-2-1-3-12(14)15/h1-10,24H,(H,25,26,29). The SMILES string of the molecule is O=C(Nc1nnc(Sc2ccnc3cc(Cl)ccc23)s1)C(=O)c1c[nH]c2ccccc12. The van der Waals surface area contributed by atoms with E-state index in [2.05, 4.69) is 25.5 Å². The minimum atomic E-state index is -0.763. The highest BCUT2D eigenvalue weighted by molar-refractivity contribution is 8.01. The predicted octanol–water partition coefficient (Wildman–Crippen LogP) is 5.19. The highest BCUT2D eigenvalue weighted by Crippen LogP contribution is 2.36. The number of aromatic nitrogens is 4. The molecule has 0 unspecified atom stereocenters. The maximum Gasteiger partial charge on any atom is 0.298 e. The molecule has 1 amide bonds. The van der Waals surface area contributed by atoms with Gasteiger partial charge in [0.25, 0.3) is 11.7 Å². The summed E-state index contributed by atoms with van der Waals surface area (Å²) in [6, 6.07) is 14.7. The van der Waals surface area contributed by atoms with Gasteiger partial charge in [0.1, 0.15) is 0 Å². The number of carbonyl (C=O) groups is 2. The Labute approximate surface area is 188 Å². The molecule has 5 rings (SSSR count). The molecule has 152 valence electrons. The third-order valence-electron chi connectivity index (χ3n) is 4.53. The van der Waals surface area contributed by atoms with Crippen LogP contribution in [0, 0.1) is 0 Å². The lowest BCUT2D eigenvalue weighted by Gasteiger charge is -2.03. The number of benzene rings is 2. The van der Waals surface area contributed by atoms with Gasteiger partial charge >= 0.3 is 0 Å². The number of carbonyl (C=O) groups excluding carboxylic acids is 2. The summed E-state index contributed by atoms with van der Waals surface area (Å²) >= 11 is 8.63. The lowest BCUT2D eigenvalue weighted by molar-refractivity contribution is -0.112. The van der Waals surface area contributed by atoms with Crippen LogP contribution in [0.2, 0.25) is 5.02 Å². The number of anilines is 1. The number of H-pyrrole nitrogens is 1. The number of halogens is 1. The molecular weight excluding hydrogens is 454 g/mol. The highest BCUT2D eigenvalue weighted by atomic mass is 35.5. The first-order valence-corrected chi connectivity index (χ1v) is 11.1. The van der Waals surface area contributed by atoms with Crippen LogP contribution in [0.5, 0.6) is 0 Å². The second-order valence-corrected chi connectivity index (χ2v) is 9.18. The zero-order valence-electron chi connectivity index (χ0n) is 15.6. The van der Waals surface area contributed by atoms with Crippen molar-refractivity contribution in [2.75, 3.05) is 5.32 Å². The number of rotatable bonds is 5. The minimum Gasteiger partial charge on any atom is -0.360 e. The number of nitrogens with one attached hydrogen (secondary N) is 2. The molecule has 3 aromatic heterocycles. The van der Waals surface area contributed by atoms with E-state index in [1.165, 1.54) is 29.3 Å². The van der Waals surface area contributed by atoms with E-state index in [1.807, 2.05) is 30.3 Å². The molecule has 31 heavy (non-hydrogen) atoms. The number of hydrogen-bond donors (Lipinski definition) is 2. The van der Waals surface area contributed by atoms with Crippen molar-refractivity contribution >= 4 is 73.3 Å². The molecule has 10 heteroatoms. The number of Topliss-reactive ketones (excluding diaryl/α,β-unsaturated/α-hetero) is 1. The number of fused-ring (bicyclic) bond motifs is 2. The van der Waals surface area contributed by atoms with Crippen molar-refractivity contribution in [3.63, 3.8) is 0 Å². The van der Waals surface area contributed by atoms with E-state index in [-0.39, 0.29) is 5.13 Å². The molecule has 3 heterocycles. The fourth-order valence-corrected chi connectivity index (χ4v) is 5.11. The molecule has 0 aliphatic heterocycles. The van der Waals surface area contributed by atoms with Crippen LogP contribution < -0.4 is 5.32 Å². The third-order valence-corrected chi connectivity index (χ3v) is 6.73. The first kappa shape index (κ1) is 19.7. The summed E-state index contributed by atoms with van der Waals surface area (Å²) in [6.07, 6.45) is 3.24. The van der Waals surface area contributed by atoms with E-state index in [0.717, 1.165) is 21.3 Å². The van der Waals surface area contributed by atoms with Crippen molar-refractivity contribution in [2.24, 2.45) is 0 Å². The average Bonchev–Trinajstić information content (AvgIpc) is 3.40. The molecule has 0 atom stereocenters. The predicted molar refractivity (Wildman–Crippen MR) is 122 cm³/mol. The van der Waals surface area contributed by atoms with Gasteiger partial charge in [-0.3, -0.25) is 19.9 Å². The molecule has 0 saturated carbocycles. The van der Waals surface area contributed by atoms with Crippen LogP contribution in [0.1, 0.15) is 10.4 Å². The van der Waals surface area contributed by atoms with Crippen molar-refractivity contribution in [2.45, 2.75) is 9.24 Å². The van der Waals surface area contributed by atoms with E-state index in [1.54, 1.807) is 24.4 Å². The Kier molecular flexibility index (Phi) is 5.14. The Hall–Kier alpha value is -3.27. The van der Waals surface area contributed by atoms with Crippen LogP contribution in [0.3, 0.4) is 0 Å². The molecule has 0 fully saturated rings. The van der Waals surface area contributed by atoms with Crippen molar-refractivity contribution in [1.29, 1.82) is 0 Å². The monoisotopic (exact) mass is 465 g/mol. The Morgan fingerprint density at radius 2 is 1.94 bits per heavy atom. The molecular formula is C21H12ClN5O2S2. The van der Waals surface area contributed by atoms with Crippen LogP contribution in [0.4, 0.5) is 5.13 Å². The zero-order chi connectivity index (χ0) is 21.4. The van der Waals surface area contributed by atoms with Gasteiger partial charge in [-0.2, -0.15) is 0 Å². The van der Waals surface area contributed by atoms with Gasteiger partial charge in [0.2, 0.25) is 5.13 Å². The van der Waals surface area contributed by atoms with Crippen LogP contribution in [0.25, 0.3) is 21.8 Å². The van der Waals surface area contributed by atoms with Gasteiger partial charge < -0.3 is 4.98 Å². The molecule has 0 saturated heterocycles. The Balaban J connectivity index is 1.33. The van der Waals surface area contributed by atoms with Gasteiger partial charge in [-0.25, -0.2) is 0 Å². The van der Waals surface area contributed by atoms with Gasteiger partial charge in [0.15, 0.2) is 4.34 Å². The normalized spacial score (nSPS) is 11.1. The van der Waals surface area contributed by atoms with Crippen molar-refractivity contribution in [3.05, 3.63) is 71.5 Å². The smallest absolute Gasteiger partial charge is 0.298 e. The molecule has 0 bridgehead atoms. The Morgan fingerprint density at radius 1 is 1.06 bits per heavy atom. The summed E-state index contributed by atoms with van der Waals surface area (Å²) in [4.78, 5) is 33.3. The summed E-state index contributed by atoms with van der Waals surface area (Å²) in [6.45, 7) is 0. The number of aromatic amines is 1. The average molecular weight is 466 g/mol. The van der Waals surface area contributed by atoms with Crippen LogP contribution in [-0.2, 0) is 4.79 Å². The second-order valence-electron chi connectivity index (χ2n) is 6.48. The molecule has 7 nitrogen and oxygen atoms in total. The number of hydrogen-bond acceptors (Lipinski definition) is 7. The molecule has 0 aliphatic carbocycles. The summed E-state index contributed by atoms with van der Waals surface area (Å²) in [5.41, 5.74) is 1.88. The molecule has 2 N–H and O–H groups in total.